The third-order valence-corrected chi connectivity index (χ3v) is 2.21. The van der Waals surface area contributed by atoms with Crippen LogP contribution in [0.3, 0.4) is 0 Å². The number of halogens is 3. The van der Waals surface area contributed by atoms with Gasteiger partial charge in [0.2, 0.25) is 0 Å². The molecule has 0 aromatic heterocycles. The molecule has 0 radical (unpaired) electrons. The molecule has 0 fully saturated rings. The van der Waals surface area contributed by atoms with Gasteiger partial charge in [-0.1, -0.05) is 37.3 Å². The van der Waals surface area contributed by atoms with Crippen molar-refractivity contribution in [2.75, 3.05) is 6.54 Å². The Hall–Kier alpha value is -1.03. The molecule has 0 bridgehead atoms. The lowest BCUT2D eigenvalue weighted by Gasteiger charge is -2.14. The van der Waals surface area contributed by atoms with E-state index in [1.54, 1.807) is 6.92 Å². The Bertz CT molecular complexity index is 300. The minimum Gasteiger partial charge on any atom is -0.314 e. The Balaban J connectivity index is 4.73. The Kier molecular flexibility index (Phi) is 6.88. The second kappa shape index (κ2) is 7.33. The minimum absolute atomic E-state index is 0.175. The maximum absolute atomic E-state index is 12.6. The zero-order valence-electron chi connectivity index (χ0n) is 10.6. The number of nitrogens with one attached hydrogen (secondary N) is 1. The number of alkyl halides is 3. The van der Waals surface area contributed by atoms with Gasteiger partial charge >= 0.3 is 6.18 Å². The van der Waals surface area contributed by atoms with Crippen molar-refractivity contribution in [3.63, 3.8) is 0 Å². The second-order valence-corrected chi connectivity index (χ2v) is 4.01. The predicted molar refractivity (Wildman–Crippen MR) is 65.8 cm³/mol. The van der Waals surface area contributed by atoms with E-state index in [1.165, 1.54) is 6.08 Å². The first-order valence-corrected chi connectivity index (χ1v) is 5.61. The normalized spacial score (nSPS) is 15.9. The van der Waals surface area contributed by atoms with Crippen LogP contribution in [0, 0.1) is 0 Å². The van der Waals surface area contributed by atoms with E-state index >= 15 is 0 Å². The Morgan fingerprint density at radius 3 is 2.41 bits per heavy atom. The molecule has 0 aliphatic heterocycles. The van der Waals surface area contributed by atoms with Gasteiger partial charge in [0.25, 0.3) is 0 Å². The van der Waals surface area contributed by atoms with E-state index in [9.17, 15) is 13.2 Å². The van der Waals surface area contributed by atoms with Crippen molar-refractivity contribution in [1.29, 1.82) is 0 Å². The van der Waals surface area contributed by atoms with E-state index in [1.807, 2.05) is 13.8 Å². The van der Waals surface area contributed by atoms with Crippen LogP contribution in [0.1, 0.15) is 27.2 Å². The van der Waals surface area contributed by atoms with Crippen LogP contribution in [0.2, 0.25) is 0 Å². The van der Waals surface area contributed by atoms with Crippen LogP contribution in [0.5, 0.6) is 0 Å². The number of rotatable bonds is 6. The first-order valence-electron chi connectivity index (χ1n) is 5.61. The molecular formula is C13H20F3N. The predicted octanol–water partition coefficient (Wildman–Crippen LogP) is 4.00. The fraction of sp³-hybridized carbons (Fsp3) is 0.538. The Morgan fingerprint density at radius 2 is 2.00 bits per heavy atom. The van der Waals surface area contributed by atoms with E-state index in [2.05, 4.69) is 11.9 Å². The summed E-state index contributed by atoms with van der Waals surface area (Å²) in [7, 11) is 0. The van der Waals surface area contributed by atoms with Gasteiger partial charge in [0.15, 0.2) is 0 Å². The van der Waals surface area contributed by atoms with Crippen molar-refractivity contribution < 1.29 is 13.2 Å². The molecule has 0 aromatic carbocycles. The molecule has 1 unspecified atom stereocenters. The summed E-state index contributed by atoms with van der Waals surface area (Å²) < 4.78 is 37.7. The highest BCUT2D eigenvalue weighted by Crippen LogP contribution is 2.28. The van der Waals surface area contributed by atoms with E-state index in [-0.39, 0.29) is 6.04 Å². The lowest BCUT2D eigenvalue weighted by molar-refractivity contribution is -0.0882. The summed E-state index contributed by atoms with van der Waals surface area (Å²) in [4.78, 5) is 0. The molecular weight excluding hydrogens is 227 g/mol. The van der Waals surface area contributed by atoms with Crippen LogP contribution >= 0.6 is 0 Å². The molecule has 0 rings (SSSR count). The average Bonchev–Trinajstić information content (AvgIpc) is 2.15. The molecule has 0 amide bonds. The molecule has 0 aliphatic rings. The summed E-state index contributed by atoms with van der Waals surface area (Å²) in [5.41, 5.74) is 0.0394. The first-order chi connectivity index (χ1) is 7.81. The SMILES string of the molecule is C=C/C=C(\C=C(/C)CC(C)NCC)C(F)(F)F. The van der Waals surface area contributed by atoms with Crippen LogP contribution in [0.15, 0.2) is 36.0 Å². The quantitative estimate of drug-likeness (QED) is 0.700. The summed E-state index contributed by atoms with van der Waals surface area (Å²) in [6, 6.07) is 0.175. The van der Waals surface area contributed by atoms with Crippen molar-refractivity contribution >= 4 is 0 Å². The smallest absolute Gasteiger partial charge is 0.314 e. The van der Waals surface area contributed by atoms with Gasteiger partial charge in [-0.15, -0.1) is 0 Å². The third-order valence-electron chi connectivity index (χ3n) is 2.21. The molecule has 0 spiro atoms. The average molecular weight is 247 g/mol. The lowest BCUT2D eigenvalue weighted by Crippen LogP contribution is -2.25. The molecule has 98 valence electrons. The Labute approximate surface area is 101 Å². The van der Waals surface area contributed by atoms with Gasteiger partial charge < -0.3 is 5.32 Å². The summed E-state index contributed by atoms with van der Waals surface area (Å²) in [6.45, 7) is 9.72. The lowest BCUT2D eigenvalue weighted by atomic mass is 10.1. The molecule has 1 atom stereocenters. The molecule has 1 N–H and O–H groups in total. The maximum Gasteiger partial charge on any atom is 0.416 e. The largest absolute Gasteiger partial charge is 0.416 e. The van der Waals surface area contributed by atoms with Gasteiger partial charge in [-0.2, -0.15) is 13.2 Å². The number of hydrogen-bond donors (Lipinski definition) is 1. The number of hydrogen-bond acceptors (Lipinski definition) is 1. The highest BCUT2D eigenvalue weighted by Gasteiger charge is 2.31. The van der Waals surface area contributed by atoms with Gasteiger partial charge in [-0.25, -0.2) is 0 Å². The standard InChI is InChI=1S/C13H20F3N/c1-5-7-12(13(14,15)16)9-10(3)8-11(4)17-6-2/h5,7,9,11,17H,1,6,8H2,2-4H3/b10-9+,12-7+. The van der Waals surface area contributed by atoms with Crippen LogP contribution in [0.4, 0.5) is 13.2 Å². The maximum atomic E-state index is 12.6. The summed E-state index contributed by atoms with van der Waals surface area (Å²) in [5.74, 6) is 0. The van der Waals surface area contributed by atoms with Gasteiger partial charge in [0.05, 0.1) is 5.57 Å². The molecule has 0 saturated carbocycles. The van der Waals surface area contributed by atoms with Crippen molar-refractivity contribution in [3.8, 4) is 0 Å². The summed E-state index contributed by atoms with van der Waals surface area (Å²) in [5, 5.41) is 3.16. The van der Waals surface area contributed by atoms with E-state index < -0.39 is 11.7 Å². The first kappa shape index (κ1) is 16.0. The second-order valence-electron chi connectivity index (χ2n) is 4.01. The van der Waals surface area contributed by atoms with E-state index in [4.69, 9.17) is 0 Å². The summed E-state index contributed by atoms with van der Waals surface area (Å²) >= 11 is 0. The fourth-order valence-electron chi connectivity index (χ4n) is 1.58. The monoisotopic (exact) mass is 247 g/mol. The highest BCUT2D eigenvalue weighted by molar-refractivity contribution is 5.30. The third kappa shape index (κ3) is 7.00. The molecule has 17 heavy (non-hydrogen) atoms. The molecule has 1 nitrogen and oxygen atoms in total. The van der Waals surface area contributed by atoms with Gasteiger partial charge in [0, 0.05) is 6.04 Å². The van der Waals surface area contributed by atoms with Crippen molar-refractivity contribution in [2.24, 2.45) is 0 Å². The highest BCUT2D eigenvalue weighted by atomic mass is 19.4. The number of allylic oxidation sites excluding steroid dienone is 4. The zero-order chi connectivity index (χ0) is 13.5. The van der Waals surface area contributed by atoms with Crippen molar-refractivity contribution in [2.45, 2.75) is 39.4 Å². The van der Waals surface area contributed by atoms with Crippen LogP contribution in [-0.2, 0) is 0 Å². The van der Waals surface area contributed by atoms with Crippen LogP contribution < -0.4 is 5.32 Å². The molecule has 0 heterocycles. The summed E-state index contributed by atoms with van der Waals surface area (Å²) in [6.07, 6.45) is -0.410. The van der Waals surface area contributed by atoms with Crippen LogP contribution in [0.25, 0.3) is 0 Å². The molecule has 0 saturated heterocycles. The Morgan fingerprint density at radius 1 is 1.41 bits per heavy atom. The fourth-order valence-corrected chi connectivity index (χ4v) is 1.58. The van der Waals surface area contributed by atoms with Crippen molar-refractivity contribution in [1.82, 2.24) is 5.32 Å². The van der Waals surface area contributed by atoms with Gasteiger partial charge in [-0.05, 0) is 26.8 Å². The van der Waals surface area contributed by atoms with Crippen molar-refractivity contribution in [3.05, 3.63) is 36.0 Å². The topological polar surface area (TPSA) is 12.0 Å². The van der Waals surface area contributed by atoms with E-state index in [0.29, 0.717) is 12.0 Å². The molecule has 0 aliphatic carbocycles. The van der Waals surface area contributed by atoms with E-state index in [0.717, 1.165) is 18.7 Å². The van der Waals surface area contributed by atoms with Gasteiger partial charge in [0.1, 0.15) is 0 Å². The van der Waals surface area contributed by atoms with Gasteiger partial charge in [-0.3, -0.25) is 0 Å². The zero-order valence-corrected chi connectivity index (χ0v) is 10.6. The molecule has 0 aromatic rings. The van der Waals surface area contributed by atoms with Crippen LogP contribution in [-0.4, -0.2) is 18.8 Å². The minimum atomic E-state index is -4.32. The molecule has 4 heteroatoms.